The molecule has 3 aromatic rings. The summed E-state index contributed by atoms with van der Waals surface area (Å²) in [5.74, 6) is 1.43. The minimum Gasteiger partial charge on any atom is -0.493 e. The van der Waals surface area contributed by atoms with E-state index in [4.69, 9.17) is 19.9 Å². The number of nitrogens with zero attached hydrogens (tertiary/aromatic N) is 3. The molecule has 10 heteroatoms. The van der Waals surface area contributed by atoms with Crippen LogP contribution in [0.15, 0.2) is 24.5 Å². The van der Waals surface area contributed by atoms with Crippen LogP contribution in [0.1, 0.15) is 21.0 Å². The van der Waals surface area contributed by atoms with Crippen molar-refractivity contribution < 1.29 is 19.0 Å². The summed E-state index contributed by atoms with van der Waals surface area (Å²) in [5.41, 5.74) is 6.93. The molecule has 0 spiro atoms. The molecule has 0 atom stereocenters. The van der Waals surface area contributed by atoms with E-state index >= 15 is 0 Å². The molecular formula is C22H27N5O4S. The van der Waals surface area contributed by atoms with Gasteiger partial charge in [-0.15, -0.1) is 11.3 Å². The van der Waals surface area contributed by atoms with E-state index in [1.54, 1.807) is 13.2 Å². The zero-order valence-electron chi connectivity index (χ0n) is 18.2. The highest BCUT2D eigenvalue weighted by Gasteiger charge is 2.15. The maximum Gasteiger partial charge on any atom is 0.258 e. The molecule has 1 aliphatic rings. The molecule has 0 unspecified atom stereocenters. The Labute approximate surface area is 190 Å². The summed E-state index contributed by atoms with van der Waals surface area (Å²) >= 11 is 1.34. The lowest BCUT2D eigenvalue weighted by Gasteiger charge is -2.26. The fourth-order valence-electron chi connectivity index (χ4n) is 3.59. The summed E-state index contributed by atoms with van der Waals surface area (Å²) in [7, 11) is 1.61. The van der Waals surface area contributed by atoms with Gasteiger partial charge in [0, 0.05) is 36.0 Å². The van der Waals surface area contributed by atoms with Gasteiger partial charge in [0.15, 0.2) is 11.5 Å². The molecule has 1 amide bonds. The molecule has 1 aliphatic heterocycles. The van der Waals surface area contributed by atoms with Gasteiger partial charge < -0.3 is 25.3 Å². The normalized spacial score (nSPS) is 14.4. The number of amides is 1. The quantitative estimate of drug-likeness (QED) is 0.472. The number of hydrogen-bond donors (Lipinski definition) is 2. The Bertz CT molecular complexity index is 1100. The van der Waals surface area contributed by atoms with Crippen LogP contribution in [0.4, 0.5) is 11.5 Å². The fourth-order valence-corrected chi connectivity index (χ4v) is 4.41. The molecule has 0 bridgehead atoms. The van der Waals surface area contributed by atoms with Crippen LogP contribution < -0.4 is 20.5 Å². The maximum absolute atomic E-state index is 11.5. The fraction of sp³-hybridized carbons (Fsp3) is 0.409. The summed E-state index contributed by atoms with van der Waals surface area (Å²) in [6, 6.07) is 5.47. The molecule has 2 aromatic heterocycles. The number of primary amides is 1. The SMILES string of the molecule is COc1cc2ncnc(Nc3cc(C(N)=O)sc3C)c2cc1OCCCN1CCOCC1. The number of methoxy groups -OCH3 is 1. The monoisotopic (exact) mass is 457 g/mol. The molecule has 4 rings (SSSR count). The Hall–Kier alpha value is -2.95. The molecule has 32 heavy (non-hydrogen) atoms. The number of nitrogens with two attached hydrogens (primary N) is 1. The molecule has 170 valence electrons. The maximum atomic E-state index is 11.5. The molecule has 0 saturated carbocycles. The van der Waals surface area contributed by atoms with Crippen molar-refractivity contribution >= 4 is 39.7 Å². The lowest BCUT2D eigenvalue weighted by molar-refractivity contribution is 0.0357. The van der Waals surface area contributed by atoms with E-state index < -0.39 is 5.91 Å². The van der Waals surface area contributed by atoms with Crippen LogP contribution in [0.2, 0.25) is 0 Å². The molecular weight excluding hydrogens is 430 g/mol. The first-order chi connectivity index (χ1) is 15.5. The van der Waals surface area contributed by atoms with Crippen molar-refractivity contribution in [1.29, 1.82) is 0 Å². The molecule has 1 saturated heterocycles. The van der Waals surface area contributed by atoms with Crippen molar-refractivity contribution in [3.8, 4) is 11.5 Å². The molecule has 1 fully saturated rings. The smallest absolute Gasteiger partial charge is 0.258 e. The van der Waals surface area contributed by atoms with Crippen LogP contribution in [0.5, 0.6) is 11.5 Å². The van der Waals surface area contributed by atoms with Gasteiger partial charge in [-0.25, -0.2) is 9.97 Å². The van der Waals surface area contributed by atoms with Crippen LogP contribution in [0.25, 0.3) is 10.9 Å². The summed E-state index contributed by atoms with van der Waals surface area (Å²) in [5, 5.41) is 4.10. The first-order valence-corrected chi connectivity index (χ1v) is 11.3. The first-order valence-electron chi connectivity index (χ1n) is 10.5. The van der Waals surface area contributed by atoms with Crippen molar-refractivity contribution in [1.82, 2.24) is 14.9 Å². The summed E-state index contributed by atoms with van der Waals surface area (Å²) < 4.78 is 17.0. The lowest BCUT2D eigenvalue weighted by Crippen LogP contribution is -2.37. The average molecular weight is 458 g/mol. The topological polar surface area (TPSA) is 112 Å². The van der Waals surface area contributed by atoms with Gasteiger partial charge in [0.1, 0.15) is 12.1 Å². The third kappa shape index (κ3) is 5.09. The molecule has 1 aromatic carbocycles. The molecule has 3 heterocycles. The van der Waals surface area contributed by atoms with Gasteiger partial charge >= 0.3 is 0 Å². The van der Waals surface area contributed by atoms with Crippen LogP contribution in [0.3, 0.4) is 0 Å². The number of fused-ring (bicyclic) bond motifs is 1. The van der Waals surface area contributed by atoms with Gasteiger partial charge in [-0.1, -0.05) is 0 Å². The molecule has 0 aliphatic carbocycles. The van der Waals surface area contributed by atoms with Crippen molar-refractivity contribution in [2.45, 2.75) is 13.3 Å². The third-order valence-corrected chi connectivity index (χ3v) is 6.38. The Balaban J connectivity index is 1.52. The summed E-state index contributed by atoms with van der Waals surface area (Å²) in [6.07, 6.45) is 2.39. The van der Waals surface area contributed by atoms with Gasteiger partial charge in [-0.3, -0.25) is 9.69 Å². The second kappa shape index (κ2) is 10.1. The minimum atomic E-state index is -0.448. The highest BCUT2D eigenvalue weighted by molar-refractivity contribution is 7.14. The highest BCUT2D eigenvalue weighted by atomic mass is 32.1. The second-order valence-electron chi connectivity index (χ2n) is 7.47. The first kappa shape index (κ1) is 22.3. The van der Waals surface area contributed by atoms with E-state index in [1.807, 2.05) is 19.1 Å². The number of aryl methyl sites for hydroxylation is 1. The Morgan fingerprint density at radius 2 is 2.06 bits per heavy atom. The predicted octanol–water partition coefficient (Wildman–Crippen LogP) is 2.95. The van der Waals surface area contributed by atoms with Crippen LogP contribution in [-0.4, -0.2) is 67.3 Å². The molecule has 0 radical (unpaired) electrons. The van der Waals surface area contributed by atoms with Crippen LogP contribution in [0, 0.1) is 6.92 Å². The van der Waals surface area contributed by atoms with Crippen molar-refractivity contribution in [2.75, 3.05) is 51.9 Å². The van der Waals surface area contributed by atoms with Gasteiger partial charge in [-0.2, -0.15) is 0 Å². The minimum absolute atomic E-state index is 0.448. The number of nitrogens with one attached hydrogen (secondary N) is 1. The van der Waals surface area contributed by atoms with E-state index in [2.05, 4.69) is 20.2 Å². The van der Waals surface area contributed by atoms with Gasteiger partial charge in [-0.05, 0) is 25.5 Å². The number of morpholine rings is 1. The van der Waals surface area contributed by atoms with Crippen LogP contribution in [-0.2, 0) is 4.74 Å². The molecule has 3 N–H and O–H groups in total. The average Bonchev–Trinajstić information content (AvgIpc) is 3.17. The number of anilines is 2. The zero-order valence-corrected chi connectivity index (χ0v) is 19.0. The van der Waals surface area contributed by atoms with E-state index in [-0.39, 0.29) is 0 Å². The Kier molecular flexibility index (Phi) is 7.03. The third-order valence-electron chi connectivity index (χ3n) is 5.31. The van der Waals surface area contributed by atoms with E-state index in [9.17, 15) is 4.79 Å². The number of ether oxygens (including phenoxy) is 3. The molecule has 9 nitrogen and oxygen atoms in total. The van der Waals surface area contributed by atoms with Crippen molar-refractivity contribution in [3.63, 3.8) is 0 Å². The van der Waals surface area contributed by atoms with Crippen molar-refractivity contribution in [3.05, 3.63) is 34.3 Å². The largest absolute Gasteiger partial charge is 0.493 e. The van der Waals surface area contributed by atoms with Gasteiger partial charge in [0.25, 0.3) is 5.91 Å². The van der Waals surface area contributed by atoms with Gasteiger partial charge in [0.2, 0.25) is 0 Å². The van der Waals surface area contributed by atoms with E-state index in [1.165, 1.54) is 17.7 Å². The van der Waals surface area contributed by atoms with Crippen LogP contribution >= 0.6 is 11.3 Å². The zero-order chi connectivity index (χ0) is 22.5. The number of aromatic nitrogens is 2. The Morgan fingerprint density at radius 1 is 1.25 bits per heavy atom. The number of carbonyl (C=O) groups is 1. The van der Waals surface area contributed by atoms with Gasteiger partial charge in [0.05, 0.1) is 43.0 Å². The highest BCUT2D eigenvalue weighted by Crippen LogP contribution is 2.36. The van der Waals surface area contributed by atoms with Crippen molar-refractivity contribution in [2.24, 2.45) is 5.73 Å². The number of hydrogen-bond acceptors (Lipinski definition) is 9. The number of thiophene rings is 1. The second-order valence-corrected chi connectivity index (χ2v) is 8.72. The summed E-state index contributed by atoms with van der Waals surface area (Å²) in [6.45, 7) is 6.97. The lowest BCUT2D eigenvalue weighted by atomic mass is 10.2. The standard InChI is InChI=1S/C22H27N5O4S/c1-14-16(12-20(32-14)21(23)28)26-22-15-10-19(18(29-2)11-17(15)24-13-25-22)31-7-3-4-27-5-8-30-9-6-27/h10-13H,3-9H2,1-2H3,(H2,23,28)(H,24,25,26). The van der Waals surface area contributed by atoms with E-state index in [0.29, 0.717) is 28.8 Å². The number of benzene rings is 1. The number of carbonyl (C=O) groups excluding carboxylic acids is 1. The Morgan fingerprint density at radius 3 is 2.78 bits per heavy atom. The van der Waals surface area contributed by atoms with E-state index in [0.717, 1.165) is 60.7 Å². The summed E-state index contributed by atoms with van der Waals surface area (Å²) in [4.78, 5) is 24.1. The number of rotatable bonds is 9. The predicted molar refractivity (Wildman–Crippen MR) is 124 cm³/mol.